The Balaban J connectivity index is 1.57. The summed E-state index contributed by atoms with van der Waals surface area (Å²) in [7, 11) is 1.84. The van der Waals surface area contributed by atoms with Crippen LogP contribution in [0.1, 0.15) is 42.8 Å². The summed E-state index contributed by atoms with van der Waals surface area (Å²) in [6.07, 6.45) is 6.15. The molecule has 3 rings (SSSR count). The number of carbonyl (C=O) groups is 1. The van der Waals surface area contributed by atoms with E-state index in [1.165, 1.54) is 32.1 Å². The third-order valence-electron chi connectivity index (χ3n) is 5.45. The second-order valence-electron chi connectivity index (χ2n) is 7.26. The van der Waals surface area contributed by atoms with E-state index in [4.69, 9.17) is 4.74 Å². The molecular weight excluding hydrogens is 336 g/mol. The number of carbonyl (C=O) groups excluding carboxylic acids is 1. The largest absolute Gasteiger partial charge is 0.379 e. The molecule has 2 heterocycles. The number of morpholine rings is 1. The summed E-state index contributed by atoms with van der Waals surface area (Å²) in [5, 5.41) is 6.26. The number of aromatic nitrogens is 1. The molecule has 0 atom stereocenters. The fraction of sp³-hybridized carbons (Fsp3) is 0.778. The van der Waals surface area contributed by atoms with Gasteiger partial charge >= 0.3 is 6.03 Å². The minimum atomic E-state index is -0.0103. The Morgan fingerprint density at radius 2 is 2.08 bits per heavy atom. The van der Waals surface area contributed by atoms with Gasteiger partial charge in [-0.25, -0.2) is 9.78 Å². The van der Waals surface area contributed by atoms with Crippen LogP contribution in [0.3, 0.4) is 0 Å². The third kappa shape index (κ3) is 4.71. The van der Waals surface area contributed by atoms with Crippen molar-refractivity contribution < 1.29 is 9.53 Å². The molecule has 140 valence electrons. The molecule has 0 aromatic carbocycles. The summed E-state index contributed by atoms with van der Waals surface area (Å²) in [6.45, 7) is 6.83. The van der Waals surface area contributed by atoms with Crippen LogP contribution in [-0.4, -0.2) is 66.2 Å². The molecule has 0 bridgehead atoms. The van der Waals surface area contributed by atoms with E-state index in [9.17, 15) is 4.79 Å². The highest BCUT2D eigenvalue weighted by atomic mass is 32.1. The zero-order valence-corrected chi connectivity index (χ0v) is 16.2. The van der Waals surface area contributed by atoms with Gasteiger partial charge < -0.3 is 15.0 Å². The van der Waals surface area contributed by atoms with Crippen molar-refractivity contribution in [1.82, 2.24) is 20.1 Å². The molecule has 2 fully saturated rings. The molecule has 1 aromatic heterocycles. The van der Waals surface area contributed by atoms with Gasteiger partial charge in [0.2, 0.25) is 0 Å². The number of hydrogen-bond donors (Lipinski definition) is 1. The van der Waals surface area contributed by atoms with Gasteiger partial charge in [0, 0.05) is 37.6 Å². The van der Waals surface area contributed by atoms with Crippen LogP contribution in [0, 0.1) is 6.92 Å². The quantitative estimate of drug-likeness (QED) is 0.870. The fourth-order valence-corrected chi connectivity index (χ4v) is 4.63. The predicted octanol–water partition coefficient (Wildman–Crippen LogP) is 2.63. The van der Waals surface area contributed by atoms with Crippen molar-refractivity contribution >= 4 is 17.4 Å². The lowest BCUT2D eigenvalue weighted by atomic mass is 9.80. The molecule has 25 heavy (non-hydrogen) atoms. The number of amides is 2. The van der Waals surface area contributed by atoms with Crippen LogP contribution in [0.4, 0.5) is 4.79 Å². The van der Waals surface area contributed by atoms with Crippen LogP contribution < -0.4 is 5.32 Å². The Labute approximate surface area is 154 Å². The highest BCUT2D eigenvalue weighted by Gasteiger charge is 2.39. The second-order valence-corrected chi connectivity index (χ2v) is 8.32. The van der Waals surface area contributed by atoms with Crippen molar-refractivity contribution in [3.63, 3.8) is 0 Å². The van der Waals surface area contributed by atoms with E-state index < -0.39 is 0 Å². The van der Waals surface area contributed by atoms with Gasteiger partial charge in [-0.2, -0.15) is 0 Å². The molecule has 1 aliphatic carbocycles. The molecule has 6 nitrogen and oxygen atoms in total. The maximum Gasteiger partial charge on any atom is 0.317 e. The summed E-state index contributed by atoms with van der Waals surface area (Å²) in [5.74, 6) is 0. The Morgan fingerprint density at radius 1 is 1.36 bits per heavy atom. The van der Waals surface area contributed by atoms with Crippen molar-refractivity contribution in [1.29, 1.82) is 0 Å². The number of nitrogens with zero attached hydrogens (tertiary/aromatic N) is 3. The molecule has 1 saturated heterocycles. The van der Waals surface area contributed by atoms with Crippen molar-refractivity contribution in [2.45, 2.75) is 51.1 Å². The summed E-state index contributed by atoms with van der Waals surface area (Å²) in [4.78, 5) is 21.3. The summed E-state index contributed by atoms with van der Waals surface area (Å²) in [6, 6.07) is -0.0103. The molecule has 1 N–H and O–H groups in total. The number of urea groups is 1. The SMILES string of the molecule is Cc1nc(CN(C)C(=O)NCC2(N3CCOCC3)CCCCC2)cs1. The first-order valence-corrected chi connectivity index (χ1v) is 10.2. The summed E-state index contributed by atoms with van der Waals surface area (Å²) < 4.78 is 5.52. The maximum atomic E-state index is 12.6. The minimum Gasteiger partial charge on any atom is -0.379 e. The van der Waals surface area contributed by atoms with E-state index >= 15 is 0 Å². The lowest BCUT2D eigenvalue weighted by Crippen LogP contribution is -2.60. The molecule has 0 spiro atoms. The van der Waals surface area contributed by atoms with Crippen molar-refractivity contribution in [2.24, 2.45) is 0 Å². The van der Waals surface area contributed by atoms with Gasteiger partial charge in [0.1, 0.15) is 0 Å². The van der Waals surface area contributed by atoms with Gasteiger partial charge in [0.25, 0.3) is 0 Å². The van der Waals surface area contributed by atoms with Gasteiger partial charge in [-0.05, 0) is 19.8 Å². The Bertz CT molecular complexity index is 565. The Morgan fingerprint density at radius 3 is 2.72 bits per heavy atom. The van der Waals surface area contributed by atoms with Crippen LogP contribution in [0.2, 0.25) is 0 Å². The molecule has 1 saturated carbocycles. The molecule has 2 amide bonds. The lowest BCUT2D eigenvalue weighted by molar-refractivity contribution is -0.0360. The average Bonchev–Trinajstić information content (AvgIpc) is 3.06. The number of hydrogen-bond acceptors (Lipinski definition) is 5. The molecule has 1 aromatic rings. The monoisotopic (exact) mass is 366 g/mol. The topological polar surface area (TPSA) is 57.7 Å². The van der Waals surface area contributed by atoms with Crippen LogP contribution in [0.15, 0.2) is 5.38 Å². The van der Waals surface area contributed by atoms with Crippen molar-refractivity contribution in [2.75, 3.05) is 39.9 Å². The van der Waals surface area contributed by atoms with E-state index in [1.807, 2.05) is 19.4 Å². The van der Waals surface area contributed by atoms with Crippen LogP contribution >= 0.6 is 11.3 Å². The standard InChI is InChI=1S/C18H30N4O2S/c1-15-20-16(13-25-15)12-21(2)17(23)19-14-18(6-4-3-5-7-18)22-8-10-24-11-9-22/h13H,3-12,14H2,1-2H3,(H,19,23). The first kappa shape index (κ1) is 18.6. The molecule has 1 aliphatic heterocycles. The molecular formula is C18H30N4O2S. The Kier molecular flexibility index (Phi) is 6.30. The van der Waals surface area contributed by atoms with Crippen LogP contribution in [0.5, 0.6) is 0 Å². The first-order chi connectivity index (χ1) is 12.1. The summed E-state index contributed by atoms with van der Waals surface area (Å²) >= 11 is 1.62. The fourth-order valence-electron chi connectivity index (χ4n) is 4.02. The molecule has 2 aliphatic rings. The lowest BCUT2D eigenvalue weighted by Gasteiger charge is -2.48. The first-order valence-electron chi connectivity index (χ1n) is 9.32. The van der Waals surface area contributed by atoms with E-state index in [0.717, 1.165) is 43.5 Å². The van der Waals surface area contributed by atoms with Gasteiger partial charge in [0.15, 0.2) is 0 Å². The number of rotatable bonds is 5. The molecule has 0 radical (unpaired) electrons. The normalized spacial score (nSPS) is 21.0. The number of nitrogens with one attached hydrogen (secondary N) is 1. The van der Waals surface area contributed by atoms with E-state index in [-0.39, 0.29) is 11.6 Å². The third-order valence-corrected chi connectivity index (χ3v) is 6.27. The van der Waals surface area contributed by atoms with Gasteiger partial charge in [-0.1, -0.05) is 19.3 Å². The highest BCUT2D eigenvalue weighted by Crippen LogP contribution is 2.33. The van der Waals surface area contributed by atoms with Crippen LogP contribution in [0.25, 0.3) is 0 Å². The molecule has 7 heteroatoms. The van der Waals surface area contributed by atoms with E-state index in [0.29, 0.717) is 6.54 Å². The molecule has 0 unspecified atom stereocenters. The average molecular weight is 367 g/mol. The zero-order valence-electron chi connectivity index (χ0n) is 15.4. The Hall–Kier alpha value is -1.18. The van der Waals surface area contributed by atoms with Gasteiger partial charge in [-0.15, -0.1) is 11.3 Å². The van der Waals surface area contributed by atoms with Crippen molar-refractivity contribution in [3.8, 4) is 0 Å². The maximum absolute atomic E-state index is 12.6. The smallest absolute Gasteiger partial charge is 0.317 e. The zero-order chi connectivity index (χ0) is 17.7. The van der Waals surface area contributed by atoms with Crippen molar-refractivity contribution in [3.05, 3.63) is 16.1 Å². The van der Waals surface area contributed by atoms with Gasteiger partial charge in [-0.3, -0.25) is 4.90 Å². The highest BCUT2D eigenvalue weighted by molar-refractivity contribution is 7.09. The number of aryl methyl sites for hydroxylation is 1. The van der Waals surface area contributed by atoms with E-state index in [1.54, 1.807) is 16.2 Å². The van der Waals surface area contributed by atoms with E-state index in [2.05, 4.69) is 15.2 Å². The summed E-state index contributed by atoms with van der Waals surface area (Å²) in [5.41, 5.74) is 1.07. The second kappa shape index (κ2) is 8.47. The minimum absolute atomic E-state index is 0.0103. The number of ether oxygens (including phenoxy) is 1. The number of thiazole rings is 1. The van der Waals surface area contributed by atoms with Gasteiger partial charge in [0.05, 0.1) is 30.5 Å². The predicted molar refractivity (Wildman–Crippen MR) is 99.9 cm³/mol. The van der Waals surface area contributed by atoms with Crippen LogP contribution in [-0.2, 0) is 11.3 Å².